The highest BCUT2D eigenvalue weighted by Gasteiger charge is 2.26. The highest BCUT2D eigenvalue weighted by molar-refractivity contribution is 6.21. The normalized spacial score (nSPS) is 12.5. The molecule has 8 aromatic carbocycles. The van der Waals surface area contributed by atoms with Crippen LogP contribution in [0, 0.1) is 0 Å². The minimum atomic E-state index is 0.679. The van der Waals surface area contributed by atoms with E-state index in [2.05, 4.69) is 144 Å². The highest BCUT2D eigenvalue weighted by Crippen LogP contribution is 2.44. The molecule has 0 aliphatic carbocycles. The van der Waals surface area contributed by atoms with Gasteiger partial charge in [0.25, 0.3) is 0 Å². The smallest absolute Gasteiger partial charge is 0.161 e. The summed E-state index contributed by atoms with van der Waals surface area (Å²) in [5.41, 5.74) is 12.5. The number of rotatable bonds is 2. The van der Waals surface area contributed by atoms with Gasteiger partial charge in [-0.25, -0.2) is 9.97 Å². The number of hydrogen-bond donors (Lipinski definition) is 0. The van der Waals surface area contributed by atoms with Gasteiger partial charge >= 0.3 is 0 Å². The molecule has 53 heavy (non-hydrogen) atoms. The van der Waals surface area contributed by atoms with Gasteiger partial charge in [-0.15, -0.1) is 0 Å². The van der Waals surface area contributed by atoms with Crippen LogP contribution in [-0.2, 0) is 6.42 Å². The van der Waals surface area contributed by atoms with E-state index in [0.717, 1.165) is 61.3 Å². The Morgan fingerprint density at radius 1 is 0.472 bits per heavy atom. The van der Waals surface area contributed by atoms with Gasteiger partial charge in [0.2, 0.25) is 0 Å². The number of fused-ring (bicyclic) bond motifs is 14. The van der Waals surface area contributed by atoms with Crippen molar-refractivity contribution >= 4 is 65.3 Å². The lowest BCUT2D eigenvalue weighted by atomic mass is 9.92. The summed E-state index contributed by atoms with van der Waals surface area (Å²) in [6, 6.07) is 58.7. The zero-order valence-corrected chi connectivity index (χ0v) is 28.5. The standard InChI is InChI=1S/C49H29N3O/c1-2-12-32-28-33(22-21-30(32)10-1)47-39-26-29-20-24-35-42(27-29)52(41-25-23-31-11-3-4-13-34(31)45(35)41)40-17-7-5-14-36(40)48(39)51-49(50-47)38-16-9-19-44-46(38)37-15-6-8-18-43(37)53-44/h1-25,27-28H,26H2. The molecule has 0 N–H and O–H groups in total. The lowest BCUT2D eigenvalue weighted by Crippen LogP contribution is -2.05. The van der Waals surface area contributed by atoms with Gasteiger partial charge in [0.1, 0.15) is 11.2 Å². The number of nitrogens with zero attached hydrogens (tertiary/aromatic N) is 3. The van der Waals surface area contributed by atoms with E-state index in [1.165, 1.54) is 48.9 Å². The average molecular weight is 676 g/mol. The Labute approximate surface area is 304 Å². The van der Waals surface area contributed by atoms with Gasteiger partial charge in [-0.2, -0.15) is 0 Å². The first-order valence-electron chi connectivity index (χ1n) is 18.1. The Bertz CT molecular complexity index is 3330. The molecule has 2 bridgehead atoms. The summed E-state index contributed by atoms with van der Waals surface area (Å²) in [5, 5.41) is 9.51. The average Bonchev–Trinajstić information content (AvgIpc) is 3.77. The first-order chi connectivity index (χ1) is 26.3. The van der Waals surface area contributed by atoms with Gasteiger partial charge in [-0.3, -0.25) is 0 Å². The van der Waals surface area contributed by atoms with Crippen LogP contribution in [-0.4, -0.2) is 14.5 Å². The molecule has 3 aromatic heterocycles. The van der Waals surface area contributed by atoms with Gasteiger partial charge in [0.15, 0.2) is 5.82 Å². The fraction of sp³-hybridized carbons (Fsp3) is 0.0204. The van der Waals surface area contributed by atoms with Crippen molar-refractivity contribution in [2.24, 2.45) is 0 Å². The summed E-state index contributed by atoms with van der Waals surface area (Å²) in [4.78, 5) is 11.1. The fourth-order valence-corrected chi connectivity index (χ4v) is 8.81. The summed E-state index contributed by atoms with van der Waals surface area (Å²) in [5.74, 6) is 0.679. The van der Waals surface area contributed by atoms with Crippen LogP contribution in [0.25, 0.3) is 105 Å². The Morgan fingerprint density at radius 2 is 1.21 bits per heavy atom. The third-order valence-electron chi connectivity index (χ3n) is 11.2. The summed E-state index contributed by atoms with van der Waals surface area (Å²) < 4.78 is 8.81. The second-order valence-electron chi connectivity index (χ2n) is 14.1. The largest absolute Gasteiger partial charge is 0.456 e. The van der Waals surface area contributed by atoms with Gasteiger partial charge in [-0.1, -0.05) is 127 Å². The summed E-state index contributed by atoms with van der Waals surface area (Å²) in [7, 11) is 0. The molecule has 0 saturated carbocycles. The molecule has 0 fully saturated rings. The summed E-state index contributed by atoms with van der Waals surface area (Å²) in [6.07, 6.45) is 0.684. The van der Waals surface area contributed by atoms with Crippen molar-refractivity contribution in [2.75, 3.05) is 0 Å². The van der Waals surface area contributed by atoms with Crippen LogP contribution in [0.5, 0.6) is 0 Å². The molecule has 4 heteroatoms. The van der Waals surface area contributed by atoms with Gasteiger partial charge < -0.3 is 8.98 Å². The van der Waals surface area contributed by atoms with E-state index in [1.807, 2.05) is 24.3 Å². The summed E-state index contributed by atoms with van der Waals surface area (Å²) >= 11 is 0. The van der Waals surface area contributed by atoms with Crippen LogP contribution in [0.15, 0.2) is 168 Å². The predicted molar refractivity (Wildman–Crippen MR) is 218 cm³/mol. The molecule has 1 aliphatic rings. The zero-order chi connectivity index (χ0) is 34.6. The maximum Gasteiger partial charge on any atom is 0.161 e. The zero-order valence-electron chi connectivity index (χ0n) is 28.5. The van der Waals surface area contributed by atoms with Crippen molar-refractivity contribution in [3.05, 3.63) is 175 Å². The number of para-hydroxylation sites is 2. The SMILES string of the molecule is c1ccc2c(c1)-c1nc(-c3cccc4oc5ccccc5c34)nc(-c3ccc4ccccc4c3)c1Cc1ccc3c4c5ccccc5ccc4n-2c3c1. The topological polar surface area (TPSA) is 43.9 Å². The molecular formula is C49H29N3O. The van der Waals surface area contributed by atoms with Crippen molar-refractivity contribution in [1.82, 2.24) is 14.5 Å². The Morgan fingerprint density at radius 3 is 2.15 bits per heavy atom. The molecule has 0 unspecified atom stereocenters. The van der Waals surface area contributed by atoms with Gasteiger partial charge in [0, 0.05) is 50.2 Å². The molecular weight excluding hydrogens is 647 g/mol. The number of furan rings is 1. The fourth-order valence-electron chi connectivity index (χ4n) is 8.81. The first-order valence-corrected chi connectivity index (χ1v) is 18.1. The van der Waals surface area contributed by atoms with Crippen molar-refractivity contribution in [3.63, 3.8) is 0 Å². The molecule has 0 radical (unpaired) electrons. The lowest BCUT2D eigenvalue weighted by molar-refractivity contribution is 0.669. The van der Waals surface area contributed by atoms with E-state index in [9.17, 15) is 0 Å². The van der Waals surface area contributed by atoms with Crippen molar-refractivity contribution in [1.29, 1.82) is 0 Å². The van der Waals surface area contributed by atoms with Crippen LogP contribution in [0.1, 0.15) is 11.1 Å². The molecule has 0 amide bonds. The van der Waals surface area contributed by atoms with Crippen LogP contribution in [0.2, 0.25) is 0 Å². The number of benzene rings is 8. The maximum absolute atomic E-state index is 6.36. The molecule has 246 valence electrons. The minimum Gasteiger partial charge on any atom is -0.456 e. The van der Waals surface area contributed by atoms with E-state index >= 15 is 0 Å². The van der Waals surface area contributed by atoms with E-state index in [0.29, 0.717) is 12.2 Å². The van der Waals surface area contributed by atoms with Crippen LogP contribution >= 0.6 is 0 Å². The molecule has 12 rings (SSSR count). The number of hydrogen-bond acceptors (Lipinski definition) is 3. The van der Waals surface area contributed by atoms with Crippen LogP contribution in [0.4, 0.5) is 0 Å². The quantitative estimate of drug-likeness (QED) is 0.183. The molecule has 4 nitrogen and oxygen atoms in total. The van der Waals surface area contributed by atoms with E-state index in [4.69, 9.17) is 14.4 Å². The Hall–Kier alpha value is -7.04. The minimum absolute atomic E-state index is 0.679. The molecule has 0 atom stereocenters. The predicted octanol–water partition coefficient (Wildman–Crippen LogP) is 12.7. The maximum atomic E-state index is 6.36. The van der Waals surface area contributed by atoms with Crippen molar-refractivity contribution in [2.45, 2.75) is 6.42 Å². The highest BCUT2D eigenvalue weighted by atomic mass is 16.3. The van der Waals surface area contributed by atoms with Gasteiger partial charge in [-0.05, 0) is 63.5 Å². The molecule has 0 spiro atoms. The summed E-state index contributed by atoms with van der Waals surface area (Å²) in [6.45, 7) is 0. The number of aromatic nitrogens is 3. The second-order valence-corrected chi connectivity index (χ2v) is 14.1. The van der Waals surface area contributed by atoms with Crippen molar-refractivity contribution in [3.8, 4) is 39.6 Å². The van der Waals surface area contributed by atoms with E-state index in [-0.39, 0.29) is 0 Å². The molecule has 1 aliphatic heterocycles. The lowest BCUT2D eigenvalue weighted by Gasteiger charge is -2.19. The third-order valence-corrected chi connectivity index (χ3v) is 11.2. The van der Waals surface area contributed by atoms with Crippen LogP contribution < -0.4 is 0 Å². The van der Waals surface area contributed by atoms with Crippen molar-refractivity contribution < 1.29 is 4.42 Å². The molecule has 0 saturated heterocycles. The first kappa shape index (κ1) is 28.6. The Balaban J connectivity index is 1.22. The monoisotopic (exact) mass is 675 g/mol. The Kier molecular flexibility index (Phi) is 5.80. The third kappa shape index (κ3) is 4.12. The van der Waals surface area contributed by atoms with E-state index in [1.54, 1.807) is 0 Å². The van der Waals surface area contributed by atoms with Gasteiger partial charge in [0.05, 0.1) is 28.1 Å². The molecule has 4 heterocycles. The second kappa shape index (κ2) is 10.7. The molecule has 11 aromatic rings. The van der Waals surface area contributed by atoms with E-state index < -0.39 is 0 Å². The van der Waals surface area contributed by atoms with Crippen LogP contribution in [0.3, 0.4) is 0 Å².